The highest BCUT2D eigenvalue weighted by Gasteiger charge is 2.17. The van der Waals surface area contributed by atoms with E-state index in [1.165, 1.54) is 16.9 Å². The Bertz CT molecular complexity index is 979. The Morgan fingerprint density at radius 1 is 1.15 bits per heavy atom. The number of rotatable bonds is 7. The van der Waals surface area contributed by atoms with Crippen LogP contribution in [0.1, 0.15) is 29.5 Å². The van der Waals surface area contributed by atoms with Crippen LogP contribution in [-0.4, -0.2) is 23.1 Å². The lowest BCUT2D eigenvalue weighted by atomic mass is 10.2. The standard InChI is InChI=1S/C18H17NO7/c1-2-23-17(21)12-8-10-24-15(12)11-25-16(20)7-9-19-13-5-3-4-6-14(13)26-18(19)22/h3-6,8,10H,2,7,9,11H2,1H3. The van der Waals surface area contributed by atoms with Gasteiger partial charge >= 0.3 is 17.7 Å². The van der Waals surface area contributed by atoms with Crippen molar-refractivity contribution >= 4 is 23.0 Å². The van der Waals surface area contributed by atoms with Gasteiger partial charge in [-0.1, -0.05) is 12.1 Å². The van der Waals surface area contributed by atoms with E-state index in [1.807, 2.05) is 0 Å². The Hall–Kier alpha value is -3.29. The minimum Gasteiger partial charge on any atom is -0.465 e. The van der Waals surface area contributed by atoms with Crippen LogP contribution >= 0.6 is 0 Å². The molecule has 0 aliphatic heterocycles. The Morgan fingerprint density at radius 2 is 1.96 bits per heavy atom. The SMILES string of the molecule is CCOC(=O)c1ccoc1COC(=O)CCn1c(=O)oc2ccccc21. The van der Waals surface area contributed by atoms with E-state index in [1.54, 1.807) is 31.2 Å². The molecule has 2 aromatic heterocycles. The minimum absolute atomic E-state index is 0.0289. The topological polar surface area (TPSA) is 101 Å². The number of aryl methyl sites for hydroxylation is 1. The lowest BCUT2D eigenvalue weighted by Crippen LogP contribution is -2.17. The number of aromatic nitrogens is 1. The fraction of sp³-hybridized carbons (Fsp3) is 0.278. The summed E-state index contributed by atoms with van der Waals surface area (Å²) in [7, 11) is 0. The van der Waals surface area contributed by atoms with Crippen LogP contribution < -0.4 is 5.76 Å². The zero-order chi connectivity index (χ0) is 18.5. The molecule has 0 amide bonds. The molecule has 0 atom stereocenters. The Morgan fingerprint density at radius 3 is 2.77 bits per heavy atom. The highest BCUT2D eigenvalue weighted by molar-refractivity contribution is 5.90. The van der Waals surface area contributed by atoms with E-state index in [4.69, 9.17) is 18.3 Å². The molecule has 8 heteroatoms. The van der Waals surface area contributed by atoms with Gasteiger partial charge in [-0.3, -0.25) is 9.36 Å². The molecule has 3 rings (SSSR count). The van der Waals surface area contributed by atoms with Gasteiger partial charge in [-0.05, 0) is 25.1 Å². The third-order valence-electron chi connectivity index (χ3n) is 3.72. The van der Waals surface area contributed by atoms with Gasteiger partial charge in [0, 0.05) is 6.54 Å². The lowest BCUT2D eigenvalue weighted by Gasteiger charge is -2.05. The van der Waals surface area contributed by atoms with Crippen molar-refractivity contribution in [3.8, 4) is 0 Å². The zero-order valence-corrected chi connectivity index (χ0v) is 14.1. The molecule has 3 aromatic rings. The quantitative estimate of drug-likeness (QED) is 0.597. The molecule has 0 aliphatic rings. The molecule has 0 fully saturated rings. The van der Waals surface area contributed by atoms with Crippen molar-refractivity contribution in [1.29, 1.82) is 0 Å². The number of fused-ring (bicyclic) bond motifs is 1. The highest BCUT2D eigenvalue weighted by atomic mass is 16.5. The van der Waals surface area contributed by atoms with Crippen LogP contribution in [0, 0.1) is 0 Å². The van der Waals surface area contributed by atoms with Crippen LogP contribution in [0.4, 0.5) is 0 Å². The first-order chi connectivity index (χ1) is 12.6. The van der Waals surface area contributed by atoms with Crippen molar-refractivity contribution < 1.29 is 27.9 Å². The maximum atomic E-state index is 12.0. The Kier molecular flexibility index (Phi) is 5.21. The maximum Gasteiger partial charge on any atom is 0.419 e. The number of ether oxygens (including phenoxy) is 2. The lowest BCUT2D eigenvalue weighted by molar-refractivity contribution is -0.145. The number of carbonyl (C=O) groups is 2. The van der Waals surface area contributed by atoms with Gasteiger partial charge in [0.05, 0.1) is 24.8 Å². The van der Waals surface area contributed by atoms with Gasteiger partial charge in [0.1, 0.15) is 12.2 Å². The molecule has 136 valence electrons. The Balaban J connectivity index is 1.58. The van der Waals surface area contributed by atoms with E-state index in [0.717, 1.165) is 0 Å². The van der Waals surface area contributed by atoms with Crippen LogP contribution in [0.25, 0.3) is 11.1 Å². The summed E-state index contributed by atoms with van der Waals surface area (Å²) >= 11 is 0. The monoisotopic (exact) mass is 359 g/mol. The molecule has 0 spiro atoms. The smallest absolute Gasteiger partial charge is 0.419 e. The van der Waals surface area contributed by atoms with Crippen LogP contribution in [0.3, 0.4) is 0 Å². The van der Waals surface area contributed by atoms with Gasteiger partial charge < -0.3 is 18.3 Å². The second-order valence-corrected chi connectivity index (χ2v) is 5.38. The molecule has 0 saturated carbocycles. The number of nitrogens with zero attached hydrogens (tertiary/aromatic N) is 1. The number of furan rings is 1. The fourth-order valence-electron chi connectivity index (χ4n) is 2.49. The van der Waals surface area contributed by atoms with Gasteiger partial charge in [-0.15, -0.1) is 0 Å². The molecule has 2 heterocycles. The van der Waals surface area contributed by atoms with Gasteiger partial charge in [0.2, 0.25) is 0 Å². The van der Waals surface area contributed by atoms with E-state index in [9.17, 15) is 14.4 Å². The number of hydrogen-bond donors (Lipinski definition) is 0. The number of carbonyl (C=O) groups excluding carboxylic acids is 2. The maximum absolute atomic E-state index is 12.0. The summed E-state index contributed by atoms with van der Waals surface area (Å²) in [5.74, 6) is -1.39. The van der Waals surface area contributed by atoms with E-state index in [2.05, 4.69) is 0 Å². The second-order valence-electron chi connectivity index (χ2n) is 5.38. The summed E-state index contributed by atoms with van der Waals surface area (Å²) < 4.78 is 21.6. The number of oxazole rings is 1. The second kappa shape index (κ2) is 7.73. The largest absolute Gasteiger partial charge is 0.465 e. The highest BCUT2D eigenvalue weighted by Crippen LogP contribution is 2.15. The molecule has 0 aliphatic carbocycles. The van der Waals surface area contributed by atoms with Crippen LogP contribution in [0.5, 0.6) is 0 Å². The summed E-state index contributed by atoms with van der Waals surface area (Å²) in [5, 5.41) is 0. The normalized spacial score (nSPS) is 10.8. The van der Waals surface area contributed by atoms with E-state index < -0.39 is 17.7 Å². The van der Waals surface area contributed by atoms with Crippen molar-refractivity contribution in [2.75, 3.05) is 6.61 Å². The first kappa shape index (κ1) is 17.5. The molecule has 26 heavy (non-hydrogen) atoms. The summed E-state index contributed by atoms with van der Waals surface area (Å²) in [4.78, 5) is 35.6. The van der Waals surface area contributed by atoms with Crippen LogP contribution in [0.15, 0.2) is 50.2 Å². The molecule has 0 N–H and O–H groups in total. The summed E-state index contributed by atoms with van der Waals surface area (Å²) in [5.41, 5.74) is 1.29. The van der Waals surface area contributed by atoms with Crippen molar-refractivity contribution in [1.82, 2.24) is 4.57 Å². The molecule has 0 bridgehead atoms. The minimum atomic E-state index is -0.538. The first-order valence-electron chi connectivity index (χ1n) is 8.07. The third kappa shape index (κ3) is 3.69. The predicted molar refractivity (Wildman–Crippen MR) is 89.6 cm³/mol. The van der Waals surface area contributed by atoms with Gasteiger partial charge in [-0.25, -0.2) is 9.59 Å². The molecule has 1 aromatic carbocycles. The molecule has 8 nitrogen and oxygen atoms in total. The van der Waals surface area contributed by atoms with Gasteiger partial charge in [0.25, 0.3) is 0 Å². The number of hydrogen-bond acceptors (Lipinski definition) is 7. The van der Waals surface area contributed by atoms with Gasteiger partial charge in [0.15, 0.2) is 11.3 Å². The predicted octanol–water partition coefficient (Wildman–Crippen LogP) is 2.50. The summed E-state index contributed by atoms with van der Waals surface area (Å²) in [6, 6.07) is 8.41. The molecule has 0 radical (unpaired) electrons. The molecule has 0 unspecified atom stereocenters. The molecule has 0 saturated heterocycles. The molecular weight excluding hydrogens is 342 g/mol. The Labute approximate surface area is 147 Å². The van der Waals surface area contributed by atoms with Gasteiger partial charge in [-0.2, -0.15) is 0 Å². The molecular formula is C18H17NO7. The number of esters is 2. The van der Waals surface area contributed by atoms with Crippen LogP contribution in [0.2, 0.25) is 0 Å². The first-order valence-corrected chi connectivity index (χ1v) is 8.07. The zero-order valence-electron chi connectivity index (χ0n) is 14.1. The van der Waals surface area contributed by atoms with E-state index in [-0.39, 0.29) is 37.5 Å². The third-order valence-corrected chi connectivity index (χ3v) is 3.72. The number of para-hydroxylation sites is 2. The van der Waals surface area contributed by atoms with E-state index >= 15 is 0 Å². The van der Waals surface area contributed by atoms with Crippen molar-refractivity contribution in [3.63, 3.8) is 0 Å². The van der Waals surface area contributed by atoms with Crippen molar-refractivity contribution in [3.05, 3.63) is 58.5 Å². The summed E-state index contributed by atoms with van der Waals surface area (Å²) in [6.07, 6.45) is 1.30. The van der Waals surface area contributed by atoms with Crippen LogP contribution in [-0.2, 0) is 27.4 Å². The van der Waals surface area contributed by atoms with E-state index in [0.29, 0.717) is 11.1 Å². The summed E-state index contributed by atoms with van der Waals surface area (Å²) in [6.45, 7) is 1.86. The average Bonchev–Trinajstić information content (AvgIpc) is 3.22. The van der Waals surface area contributed by atoms with Crippen molar-refractivity contribution in [2.45, 2.75) is 26.5 Å². The number of benzene rings is 1. The average molecular weight is 359 g/mol. The fourth-order valence-corrected chi connectivity index (χ4v) is 2.49. The van der Waals surface area contributed by atoms with Crippen molar-refractivity contribution in [2.24, 2.45) is 0 Å².